The van der Waals surface area contributed by atoms with Crippen LogP contribution in [0.4, 0.5) is 0 Å². The van der Waals surface area contributed by atoms with Crippen molar-refractivity contribution in [3.63, 3.8) is 0 Å². The van der Waals surface area contributed by atoms with E-state index in [1.165, 1.54) is 11.1 Å². The van der Waals surface area contributed by atoms with Crippen LogP contribution in [0.1, 0.15) is 35.4 Å². The van der Waals surface area contributed by atoms with E-state index in [-0.39, 0.29) is 24.6 Å². The topological polar surface area (TPSA) is 60.9 Å². The third kappa shape index (κ3) is 4.68. The zero-order valence-corrected chi connectivity index (χ0v) is 21.3. The van der Waals surface area contributed by atoms with Crippen molar-refractivity contribution < 1.29 is 13.5 Å². The molecule has 35 heavy (non-hydrogen) atoms. The molecule has 2 aliphatic rings. The van der Waals surface area contributed by atoms with Crippen molar-refractivity contribution in [2.45, 2.75) is 49.6 Å². The van der Waals surface area contributed by atoms with E-state index in [1.54, 1.807) is 16.4 Å². The number of sulfonamides is 1. The molecule has 0 bridgehead atoms. The predicted molar refractivity (Wildman–Crippen MR) is 140 cm³/mol. The van der Waals surface area contributed by atoms with Crippen molar-refractivity contribution in [3.8, 4) is 11.1 Å². The summed E-state index contributed by atoms with van der Waals surface area (Å²) >= 11 is 0. The van der Waals surface area contributed by atoms with Crippen LogP contribution in [0, 0.1) is 13.8 Å². The Morgan fingerprint density at radius 2 is 1.51 bits per heavy atom. The fraction of sp³-hybridized carbons (Fsp3) is 0.379. The summed E-state index contributed by atoms with van der Waals surface area (Å²) in [5, 5.41) is 10.2. The minimum Gasteiger partial charge on any atom is -0.395 e. The van der Waals surface area contributed by atoms with E-state index in [2.05, 4.69) is 60.4 Å². The van der Waals surface area contributed by atoms with E-state index in [1.807, 2.05) is 19.1 Å². The van der Waals surface area contributed by atoms with E-state index in [9.17, 15) is 13.5 Å². The second-order valence-corrected chi connectivity index (χ2v) is 11.9. The fourth-order valence-electron chi connectivity index (χ4n) is 5.70. The summed E-state index contributed by atoms with van der Waals surface area (Å²) in [5.74, 6) is 0.0976. The lowest BCUT2D eigenvalue weighted by Gasteiger charge is -2.57. The number of benzene rings is 3. The van der Waals surface area contributed by atoms with Crippen molar-refractivity contribution >= 4 is 10.0 Å². The van der Waals surface area contributed by atoms with Crippen molar-refractivity contribution in [2.24, 2.45) is 0 Å². The lowest BCUT2D eigenvalue weighted by Crippen LogP contribution is -2.67. The number of aliphatic hydroxyl groups is 1. The molecule has 5 rings (SSSR count). The lowest BCUT2D eigenvalue weighted by molar-refractivity contribution is -0.0553. The summed E-state index contributed by atoms with van der Waals surface area (Å²) in [6, 6.07) is 24.3. The molecule has 0 aliphatic carbocycles. The van der Waals surface area contributed by atoms with E-state index >= 15 is 0 Å². The average molecular weight is 491 g/mol. The minimum absolute atomic E-state index is 0.0202. The van der Waals surface area contributed by atoms with Gasteiger partial charge < -0.3 is 5.11 Å². The Hall–Kier alpha value is -2.51. The number of rotatable bonds is 5. The maximum atomic E-state index is 13.6. The van der Waals surface area contributed by atoms with Crippen LogP contribution in [0.2, 0.25) is 0 Å². The molecular weight excluding hydrogens is 456 g/mol. The van der Waals surface area contributed by atoms with Crippen LogP contribution in [-0.4, -0.2) is 61.1 Å². The van der Waals surface area contributed by atoms with Gasteiger partial charge in [0.1, 0.15) is 0 Å². The Labute approximate surface area is 209 Å². The van der Waals surface area contributed by atoms with Gasteiger partial charge in [0.05, 0.1) is 11.5 Å². The number of aliphatic hydroxyl groups excluding tert-OH is 1. The average Bonchev–Trinajstić information content (AvgIpc) is 2.84. The molecule has 0 aromatic heterocycles. The van der Waals surface area contributed by atoms with Crippen LogP contribution in [0.5, 0.6) is 0 Å². The lowest BCUT2D eigenvalue weighted by atomic mass is 9.74. The summed E-state index contributed by atoms with van der Waals surface area (Å²) in [6.07, 6.45) is 1.74. The highest BCUT2D eigenvalue weighted by molar-refractivity contribution is 7.89. The first-order valence-electron chi connectivity index (χ1n) is 12.5. The first kappa shape index (κ1) is 24.2. The minimum atomic E-state index is -3.58. The molecule has 2 aliphatic heterocycles. The Morgan fingerprint density at radius 3 is 2.17 bits per heavy atom. The molecule has 0 saturated carbocycles. The van der Waals surface area contributed by atoms with Gasteiger partial charge in [0.15, 0.2) is 0 Å². The van der Waals surface area contributed by atoms with Gasteiger partial charge in [0.25, 0.3) is 0 Å². The number of nitrogens with zero attached hydrogens (tertiary/aromatic N) is 2. The number of fused-ring (bicyclic) bond motifs is 1. The Bertz CT molecular complexity index is 1270. The van der Waals surface area contributed by atoms with Crippen molar-refractivity contribution in [2.75, 3.05) is 26.2 Å². The number of hydrogen-bond acceptors (Lipinski definition) is 4. The molecule has 6 heteroatoms. The third-order valence-corrected chi connectivity index (χ3v) is 9.50. The monoisotopic (exact) mass is 490 g/mol. The van der Waals surface area contributed by atoms with Gasteiger partial charge in [-0.2, -0.15) is 4.31 Å². The second-order valence-electron chi connectivity index (χ2n) is 9.96. The molecule has 2 fully saturated rings. The van der Waals surface area contributed by atoms with Gasteiger partial charge in [-0.3, -0.25) is 4.90 Å². The molecule has 2 saturated heterocycles. The molecular formula is C29H34N2O3S. The predicted octanol–water partition coefficient (Wildman–Crippen LogP) is 4.58. The van der Waals surface area contributed by atoms with Crippen LogP contribution >= 0.6 is 0 Å². The molecule has 0 unspecified atom stereocenters. The molecule has 2 heterocycles. The Morgan fingerprint density at radius 1 is 0.857 bits per heavy atom. The van der Waals surface area contributed by atoms with Gasteiger partial charge in [0, 0.05) is 31.1 Å². The van der Waals surface area contributed by atoms with E-state index < -0.39 is 10.0 Å². The van der Waals surface area contributed by atoms with Gasteiger partial charge >= 0.3 is 0 Å². The molecule has 5 nitrogen and oxygen atoms in total. The zero-order valence-electron chi connectivity index (χ0n) is 20.5. The Balaban J connectivity index is 1.42. The van der Waals surface area contributed by atoms with E-state index in [0.29, 0.717) is 18.0 Å². The highest BCUT2D eigenvalue weighted by Crippen LogP contribution is 2.43. The van der Waals surface area contributed by atoms with Gasteiger partial charge in [-0.15, -0.1) is 0 Å². The highest BCUT2D eigenvalue weighted by Gasteiger charge is 2.50. The summed E-state index contributed by atoms with van der Waals surface area (Å²) < 4.78 is 28.8. The van der Waals surface area contributed by atoms with Crippen LogP contribution in [-0.2, 0) is 10.0 Å². The normalized spacial score (nSPS) is 23.7. The van der Waals surface area contributed by atoms with Gasteiger partial charge in [-0.25, -0.2) is 8.42 Å². The maximum absolute atomic E-state index is 13.6. The summed E-state index contributed by atoms with van der Waals surface area (Å²) in [5.41, 5.74) is 5.68. The van der Waals surface area contributed by atoms with Gasteiger partial charge in [0.2, 0.25) is 10.0 Å². The molecule has 3 atom stereocenters. The summed E-state index contributed by atoms with van der Waals surface area (Å²) in [6.45, 7) is 5.95. The van der Waals surface area contributed by atoms with Crippen molar-refractivity contribution in [3.05, 3.63) is 89.5 Å². The van der Waals surface area contributed by atoms with E-state index in [4.69, 9.17) is 0 Å². The van der Waals surface area contributed by atoms with Crippen molar-refractivity contribution in [1.82, 2.24) is 9.21 Å². The van der Waals surface area contributed by atoms with Crippen LogP contribution in [0.25, 0.3) is 11.1 Å². The SMILES string of the molecule is Cc1ccc(-c2ccc([C@@H]3[C@@H](CO)N4CCCCN(S(=O)(=O)c5cccc(C)c5)C[C@@H]34)cc2)cc1. The number of aryl methyl sites for hydroxylation is 2. The zero-order chi connectivity index (χ0) is 24.6. The summed E-state index contributed by atoms with van der Waals surface area (Å²) in [4.78, 5) is 2.68. The maximum Gasteiger partial charge on any atom is 0.243 e. The van der Waals surface area contributed by atoms with Crippen LogP contribution in [0.3, 0.4) is 0 Å². The first-order chi connectivity index (χ1) is 16.9. The second kappa shape index (κ2) is 9.86. The number of hydrogen-bond donors (Lipinski definition) is 1. The smallest absolute Gasteiger partial charge is 0.243 e. The largest absolute Gasteiger partial charge is 0.395 e. The van der Waals surface area contributed by atoms with Crippen LogP contribution < -0.4 is 0 Å². The third-order valence-electron chi connectivity index (χ3n) is 7.64. The molecule has 0 radical (unpaired) electrons. The summed E-state index contributed by atoms with van der Waals surface area (Å²) in [7, 11) is -3.58. The standard InChI is InChI=1S/C29H34N2O3S/c1-21-8-10-23(11-9-21)24-12-14-25(15-13-24)29-27-19-30(16-3-4-17-31(27)28(29)20-32)35(33,34)26-7-5-6-22(2)18-26/h5-15,18,27-29,32H,3-4,16-17,19-20H2,1-2H3/t27-,28+,29-/m0/s1. The quantitative estimate of drug-likeness (QED) is 0.569. The van der Waals surface area contributed by atoms with Crippen molar-refractivity contribution in [1.29, 1.82) is 0 Å². The van der Waals surface area contributed by atoms with Gasteiger partial charge in [-0.05, 0) is 67.6 Å². The molecule has 1 N–H and O–H groups in total. The first-order valence-corrected chi connectivity index (χ1v) is 13.9. The molecule has 0 spiro atoms. The molecule has 0 amide bonds. The van der Waals surface area contributed by atoms with E-state index in [0.717, 1.165) is 36.1 Å². The molecule has 3 aromatic rings. The highest BCUT2D eigenvalue weighted by atomic mass is 32.2. The van der Waals surface area contributed by atoms with Crippen LogP contribution in [0.15, 0.2) is 77.7 Å². The molecule has 3 aromatic carbocycles. The molecule has 184 valence electrons. The Kier molecular flexibility index (Phi) is 6.82. The van der Waals surface area contributed by atoms with Gasteiger partial charge in [-0.1, -0.05) is 66.2 Å². The fourth-order valence-corrected chi connectivity index (χ4v) is 7.30.